The second kappa shape index (κ2) is 6.91. The molecule has 1 saturated carbocycles. The van der Waals surface area contributed by atoms with E-state index in [9.17, 15) is 9.59 Å². The SMILES string of the molecule is CC(C)(C)C(=O)CNC(=O)CC1CCCCCC1. The highest BCUT2D eigenvalue weighted by Crippen LogP contribution is 2.25. The second-order valence-corrected chi connectivity index (χ2v) is 6.51. The molecule has 3 nitrogen and oxygen atoms in total. The Hall–Kier alpha value is -0.860. The molecule has 0 spiro atoms. The van der Waals surface area contributed by atoms with Crippen LogP contribution >= 0.6 is 0 Å². The Morgan fingerprint density at radius 3 is 2.11 bits per heavy atom. The van der Waals surface area contributed by atoms with E-state index in [1.165, 1.54) is 38.5 Å². The van der Waals surface area contributed by atoms with Crippen molar-refractivity contribution in [1.29, 1.82) is 0 Å². The average molecular weight is 253 g/mol. The van der Waals surface area contributed by atoms with Gasteiger partial charge in [0.25, 0.3) is 0 Å². The van der Waals surface area contributed by atoms with E-state index < -0.39 is 0 Å². The maximum atomic E-state index is 11.8. The first-order valence-corrected chi connectivity index (χ1v) is 7.19. The maximum absolute atomic E-state index is 11.8. The highest BCUT2D eigenvalue weighted by Gasteiger charge is 2.22. The smallest absolute Gasteiger partial charge is 0.220 e. The van der Waals surface area contributed by atoms with Crippen LogP contribution in [0.25, 0.3) is 0 Å². The van der Waals surface area contributed by atoms with Crippen molar-refractivity contribution in [2.24, 2.45) is 11.3 Å². The minimum absolute atomic E-state index is 0.0412. The monoisotopic (exact) mass is 253 g/mol. The first kappa shape index (κ1) is 15.2. The zero-order chi connectivity index (χ0) is 13.6. The normalized spacial score (nSPS) is 18.2. The van der Waals surface area contributed by atoms with E-state index in [2.05, 4.69) is 5.32 Å². The van der Waals surface area contributed by atoms with E-state index in [0.717, 1.165) is 0 Å². The number of carbonyl (C=O) groups excluding carboxylic acids is 2. The van der Waals surface area contributed by atoms with Crippen LogP contribution in [-0.4, -0.2) is 18.2 Å². The number of ketones is 1. The largest absolute Gasteiger partial charge is 0.349 e. The van der Waals surface area contributed by atoms with E-state index in [1.807, 2.05) is 20.8 Å². The van der Waals surface area contributed by atoms with Crippen molar-refractivity contribution < 1.29 is 9.59 Å². The van der Waals surface area contributed by atoms with Gasteiger partial charge in [0.15, 0.2) is 5.78 Å². The molecule has 1 aliphatic carbocycles. The van der Waals surface area contributed by atoms with E-state index >= 15 is 0 Å². The fourth-order valence-electron chi connectivity index (χ4n) is 2.35. The first-order valence-electron chi connectivity index (χ1n) is 7.19. The molecule has 1 aliphatic rings. The van der Waals surface area contributed by atoms with Crippen molar-refractivity contribution >= 4 is 11.7 Å². The maximum Gasteiger partial charge on any atom is 0.220 e. The predicted molar refractivity (Wildman–Crippen MR) is 73.3 cm³/mol. The van der Waals surface area contributed by atoms with Gasteiger partial charge in [0, 0.05) is 11.8 Å². The standard InChI is InChI=1S/C15H27NO2/c1-15(2,3)13(17)11-16-14(18)10-12-8-6-4-5-7-9-12/h12H,4-11H2,1-3H3,(H,16,18). The van der Waals surface area contributed by atoms with Crippen molar-refractivity contribution in [2.45, 2.75) is 65.7 Å². The molecule has 1 N–H and O–H groups in total. The topological polar surface area (TPSA) is 46.2 Å². The molecule has 104 valence electrons. The highest BCUT2D eigenvalue weighted by atomic mass is 16.2. The minimum Gasteiger partial charge on any atom is -0.349 e. The van der Waals surface area contributed by atoms with Crippen LogP contribution in [0.2, 0.25) is 0 Å². The van der Waals surface area contributed by atoms with Crippen LogP contribution in [0, 0.1) is 11.3 Å². The molecule has 0 radical (unpaired) electrons. The number of amides is 1. The number of nitrogens with one attached hydrogen (secondary N) is 1. The van der Waals surface area contributed by atoms with Gasteiger partial charge in [0.1, 0.15) is 0 Å². The molecule has 1 amide bonds. The number of carbonyl (C=O) groups is 2. The molecule has 18 heavy (non-hydrogen) atoms. The number of hydrogen-bond donors (Lipinski definition) is 1. The Morgan fingerprint density at radius 2 is 1.61 bits per heavy atom. The zero-order valence-corrected chi connectivity index (χ0v) is 12.1. The fourth-order valence-corrected chi connectivity index (χ4v) is 2.35. The molecule has 0 aromatic rings. The molecule has 0 heterocycles. The third-order valence-corrected chi connectivity index (χ3v) is 3.73. The van der Waals surface area contributed by atoms with E-state index in [-0.39, 0.29) is 23.7 Å². The summed E-state index contributed by atoms with van der Waals surface area (Å²) in [5, 5.41) is 2.77. The number of rotatable bonds is 4. The summed E-state index contributed by atoms with van der Waals surface area (Å²) in [5.41, 5.74) is -0.365. The van der Waals surface area contributed by atoms with Crippen molar-refractivity contribution in [3.05, 3.63) is 0 Å². The summed E-state index contributed by atoms with van der Waals surface area (Å²) in [6.45, 7) is 5.82. The van der Waals surface area contributed by atoms with Crippen LogP contribution in [-0.2, 0) is 9.59 Å². The Bertz CT molecular complexity index is 283. The summed E-state index contributed by atoms with van der Waals surface area (Å²) in [4.78, 5) is 23.5. The van der Waals surface area contributed by atoms with Gasteiger partial charge in [0.2, 0.25) is 5.91 Å². The van der Waals surface area contributed by atoms with Gasteiger partial charge in [-0.1, -0.05) is 46.5 Å². The lowest BCUT2D eigenvalue weighted by molar-refractivity contribution is -0.129. The van der Waals surface area contributed by atoms with Crippen LogP contribution in [0.5, 0.6) is 0 Å². The molecule has 0 atom stereocenters. The van der Waals surface area contributed by atoms with E-state index in [1.54, 1.807) is 0 Å². The van der Waals surface area contributed by atoms with Crippen molar-refractivity contribution in [3.63, 3.8) is 0 Å². The zero-order valence-electron chi connectivity index (χ0n) is 12.1. The average Bonchev–Trinajstić information content (AvgIpc) is 2.53. The van der Waals surface area contributed by atoms with Gasteiger partial charge in [-0.15, -0.1) is 0 Å². The van der Waals surface area contributed by atoms with Gasteiger partial charge in [-0.05, 0) is 18.8 Å². The lowest BCUT2D eigenvalue weighted by Crippen LogP contribution is -2.36. The van der Waals surface area contributed by atoms with Crippen molar-refractivity contribution in [3.8, 4) is 0 Å². The molecule has 0 aliphatic heterocycles. The van der Waals surface area contributed by atoms with E-state index in [0.29, 0.717) is 12.3 Å². The van der Waals surface area contributed by atoms with Crippen LogP contribution in [0.15, 0.2) is 0 Å². The van der Waals surface area contributed by atoms with Crippen LogP contribution in [0.3, 0.4) is 0 Å². The molecule has 0 bridgehead atoms. The molecule has 0 saturated heterocycles. The lowest BCUT2D eigenvalue weighted by Gasteiger charge is -2.18. The summed E-state index contributed by atoms with van der Waals surface area (Å²) in [6.07, 6.45) is 8.04. The van der Waals surface area contributed by atoms with Crippen LogP contribution < -0.4 is 5.32 Å². The second-order valence-electron chi connectivity index (χ2n) is 6.51. The number of hydrogen-bond acceptors (Lipinski definition) is 2. The van der Waals surface area contributed by atoms with Gasteiger partial charge in [0.05, 0.1) is 6.54 Å². The molecular formula is C15H27NO2. The minimum atomic E-state index is -0.365. The lowest BCUT2D eigenvalue weighted by atomic mass is 9.90. The summed E-state index contributed by atoms with van der Waals surface area (Å²) in [7, 11) is 0. The molecule has 0 aromatic heterocycles. The summed E-state index contributed by atoms with van der Waals surface area (Å²) in [5.74, 6) is 0.661. The summed E-state index contributed by atoms with van der Waals surface area (Å²) < 4.78 is 0. The van der Waals surface area contributed by atoms with Gasteiger partial charge in [-0.3, -0.25) is 9.59 Å². The molecule has 1 rings (SSSR count). The fraction of sp³-hybridized carbons (Fsp3) is 0.867. The van der Waals surface area contributed by atoms with Crippen LogP contribution in [0.4, 0.5) is 0 Å². The van der Waals surface area contributed by atoms with Gasteiger partial charge >= 0.3 is 0 Å². The Balaban J connectivity index is 2.26. The molecule has 3 heteroatoms. The molecular weight excluding hydrogens is 226 g/mol. The summed E-state index contributed by atoms with van der Waals surface area (Å²) >= 11 is 0. The van der Waals surface area contributed by atoms with E-state index in [4.69, 9.17) is 0 Å². The first-order chi connectivity index (χ1) is 8.39. The van der Waals surface area contributed by atoms with Gasteiger partial charge in [-0.2, -0.15) is 0 Å². The van der Waals surface area contributed by atoms with Crippen molar-refractivity contribution in [1.82, 2.24) is 5.32 Å². The van der Waals surface area contributed by atoms with Gasteiger partial charge in [-0.25, -0.2) is 0 Å². The Morgan fingerprint density at radius 1 is 1.06 bits per heavy atom. The van der Waals surface area contributed by atoms with Crippen LogP contribution in [0.1, 0.15) is 65.7 Å². The highest BCUT2D eigenvalue weighted by molar-refractivity contribution is 5.89. The summed E-state index contributed by atoms with van der Waals surface area (Å²) in [6, 6.07) is 0. The Labute approximate surface area is 111 Å². The number of Topliss-reactive ketones (excluding diaryl/α,β-unsaturated/α-hetero) is 1. The third kappa shape index (κ3) is 5.65. The third-order valence-electron chi connectivity index (χ3n) is 3.73. The van der Waals surface area contributed by atoms with Crippen molar-refractivity contribution in [2.75, 3.05) is 6.54 Å². The molecule has 0 aromatic carbocycles. The predicted octanol–water partition coefficient (Wildman–Crippen LogP) is 3.08. The molecule has 1 fully saturated rings. The Kier molecular flexibility index (Phi) is 5.83. The quantitative estimate of drug-likeness (QED) is 0.783. The van der Waals surface area contributed by atoms with Gasteiger partial charge < -0.3 is 5.32 Å². The molecule has 0 unspecified atom stereocenters.